The SMILES string of the molecule is CCOC(=O)CCN(C(=O)CC(C)C)C(C)CC. The maximum Gasteiger partial charge on any atom is 0.307 e. The zero-order chi connectivity index (χ0) is 14.1. The van der Waals surface area contributed by atoms with E-state index in [0.29, 0.717) is 25.5 Å². The van der Waals surface area contributed by atoms with Crippen molar-refractivity contribution in [1.29, 1.82) is 0 Å². The number of carbonyl (C=O) groups is 2. The van der Waals surface area contributed by atoms with Crippen LogP contribution in [0.4, 0.5) is 0 Å². The molecule has 0 aliphatic heterocycles. The van der Waals surface area contributed by atoms with E-state index in [0.717, 1.165) is 6.42 Å². The van der Waals surface area contributed by atoms with Crippen LogP contribution in [0.1, 0.15) is 53.9 Å². The van der Waals surface area contributed by atoms with E-state index >= 15 is 0 Å². The first-order valence-electron chi connectivity index (χ1n) is 6.87. The minimum absolute atomic E-state index is 0.128. The fourth-order valence-electron chi connectivity index (χ4n) is 1.72. The summed E-state index contributed by atoms with van der Waals surface area (Å²) < 4.78 is 4.89. The molecule has 0 aromatic rings. The molecule has 0 rings (SSSR count). The highest BCUT2D eigenvalue weighted by Crippen LogP contribution is 2.11. The lowest BCUT2D eigenvalue weighted by Gasteiger charge is -2.29. The van der Waals surface area contributed by atoms with Gasteiger partial charge in [-0.15, -0.1) is 0 Å². The summed E-state index contributed by atoms with van der Waals surface area (Å²) in [7, 11) is 0. The Labute approximate surface area is 111 Å². The number of esters is 1. The Morgan fingerprint density at radius 2 is 1.78 bits per heavy atom. The van der Waals surface area contributed by atoms with Crippen molar-refractivity contribution in [1.82, 2.24) is 4.90 Å². The number of amides is 1. The van der Waals surface area contributed by atoms with Gasteiger partial charge in [-0.3, -0.25) is 9.59 Å². The molecule has 0 spiro atoms. The molecule has 1 atom stereocenters. The summed E-state index contributed by atoms with van der Waals surface area (Å²) in [6, 6.07) is 0.172. The molecular formula is C14H27NO3. The first-order chi connectivity index (χ1) is 8.42. The minimum atomic E-state index is -0.233. The van der Waals surface area contributed by atoms with Gasteiger partial charge in [0.15, 0.2) is 0 Å². The number of ether oxygens (including phenoxy) is 1. The molecule has 1 unspecified atom stereocenters. The minimum Gasteiger partial charge on any atom is -0.466 e. The highest BCUT2D eigenvalue weighted by molar-refractivity contribution is 5.77. The first kappa shape index (κ1) is 16.9. The van der Waals surface area contributed by atoms with Crippen LogP contribution in [0.15, 0.2) is 0 Å². The molecule has 0 saturated heterocycles. The average Bonchev–Trinajstić information content (AvgIpc) is 2.28. The number of hydrogen-bond donors (Lipinski definition) is 0. The Balaban J connectivity index is 4.40. The van der Waals surface area contributed by atoms with Crippen LogP contribution in [0.5, 0.6) is 0 Å². The Bertz CT molecular complexity index is 264. The summed E-state index contributed by atoms with van der Waals surface area (Å²) in [5, 5.41) is 0. The van der Waals surface area contributed by atoms with E-state index < -0.39 is 0 Å². The molecule has 0 saturated carbocycles. The fourth-order valence-corrected chi connectivity index (χ4v) is 1.72. The molecule has 0 aliphatic rings. The summed E-state index contributed by atoms with van der Waals surface area (Å²) in [6.45, 7) is 10.7. The lowest BCUT2D eigenvalue weighted by molar-refractivity contribution is -0.144. The van der Waals surface area contributed by atoms with E-state index in [9.17, 15) is 9.59 Å². The van der Waals surface area contributed by atoms with Gasteiger partial charge in [0.2, 0.25) is 5.91 Å². The van der Waals surface area contributed by atoms with Gasteiger partial charge in [-0.25, -0.2) is 0 Å². The molecule has 0 N–H and O–H groups in total. The third kappa shape index (κ3) is 6.62. The van der Waals surface area contributed by atoms with Crippen LogP contribution >= 0.6 is 0 Å². The molecule has 0 heterocycles. The monoisotopic (exact) mass is 257 g/mol. The second kappa shape index (κ2) is 8.95. The van der Waals surface area contributed by atoms with E-state index in [1.807, 2.05) is 27.7 Å². The average molecular weight is 257 g/mol. The van der Waals surface area contributed by atoms with E-state index in [1.54, 1.807) is 11.8 Å². The van der Waals surface area contributed by atoms with Crippen molar-refractivity contribution in [2.45, 2.75) is 59.9 Å². The Kier molecular flexibility index (Phi) is 8.42. The number of nitrogens with zero attached hydrogens (tertiary/aromatic N) is 1. The second-order valence-electron chi connectivity index (χ2n) is 5.00. The summed E-state index contributed by atoms with van der Waals surface area (Å²) in [4.78, 5) is 25.2. The van der Waals surface area contributed by atoms with Crippen LogP contribution in [0, 0.1) is 5.92 Å². The molecule has 4 nitrogen and oxygen atoms in total. The van der Waals surface area contributed by atoms with Gasteiger partial charge in [0, 0.05) is 19.0 Å². The molecule has 0 radical (unpaired) electrons. The van der Waals surface area contributed by atoms with Gasteiger partial charge < -0.3 is 9.64 Å². The molecule has 1 amide bonds. The molecule has 4 heteroatoms. The van der Waals surface area contributed by atoms with E-state index in [4.69, 9.17) is 4.74 Å². The zero-order valence-corrected chi connectivity index (χ0v) is 12.4. The topological polar surface area (TPSA) is 46.6 Å². The van der Waals surface area contributed by atoms with Gasteiger partial charge in [-0.2, -0.15) is 0 Å². The highest BCUT2D eigenvalue weighted by Gasteiger charge is 2.20. The van der Waals surface area contributed by atoms with E-state index in [-0.39, 0.29) is 24.3 Å². The molecule has 106 valence electrons. The molecule has 18 heavy (non-hydrogen) atoms. The first-order valence-corrected chi connectivity index (χ1v) is 6.87. The summed E-state index contributed by atoms with van der Waals surface area (Å²) in [5.74, 6) is 0.235. The highest BCUT2D eigenvalue weighted by atomic mass is 16.5. The Morgan fingerprint density at radius 3 is 2.22 bits per heavy atom. The lowest BCUT2D eigenvalue weighted by Crippen LogP contribution is -2.40. The molecule has 0 fully saturated rings. The van der Waals surface area contributed by atoms with Crippen LogP contribution in [-0.2, 0) is 14.3 Å². The van der Waals surface area contributed by atoms with Crippen molar-refractivity contribution in [3.05, 3.63) is 0 Å². The standard InChI is InChI=1S/C14H27NO3/c1-6-12(5)15(13(16)10-11(3)4)9-8-14(17)18-7-2/h11-12H,6-10H2,1-5H3. The van der Waals surface area contributed by atoms with Crippen molar-refractivity contribution >= 4 is 11.9 Å². The number of carbonyl (C=O) groups excluding carboxylic acids is 2. The number of rotatable bonds is 8. The maximum atomic E-state index is 12.1. The Hall–Kier alpha value is -1.06. The van der Waals surface area contributed by atoms with Crippen LogP contribution in [-0.4, -0.2) is 36.0 Å². The second-order valence-corrected chi connectivity index (χ2v) is 5.00. The van der Waals surface area contributed by atoms with Crippen molar-refractivity contribution in [3.8, 4) is 0 Å². The van der Waals surface area contributed by atoms with Crippen molar-refractivity contribution in [2.75, 3.05) is 13.2 Å². The fraction of sp³-hybridized carbons (Fsp3) is 0.857. The van der Waals surface area contributed by atoms with Crippen LogP contribution in [0.3, 0.4) is 0 Å². The third-order valence-electron chi connectivity index (χ3n) is 2.89. The largest absolute Gasteiger partial charge is 0.466 e. The summed E-state index contributed by atoms with van der Waals surface area (Å²) >= 11 is 0. The van der Waals surface area contributed by atoms with Crippen LogP contribution in [0.2, 0.25) is 0 Å². The van der Waals surface area contributed by atoms with Gasteiger partial charge in [-0.1, -0.05) is 20.8 Å². The number of hydrogen-bond acceptors (Lipinski definition) is 3. The van der Waals surface area contributed by atoms with E-state index in [1.165, 1.54) is 0 Å². The van der Waals surface area contributed by atoms with Gasteiger partial charge in [0.1, 0.15) is 0 Å². The van der Waals surface area contributed by atoms with E-state index in [2.05, 4.69) is 0 Å². The molecular weight excluding hydrogens is 230 g/mol. The van der Waals surface area contributed by atoms with Crippen LogP contribution in [0.25, 0.3) is 0 Å². The Morgan fingerprint density at radius 1 is 1.17 bits per heavy atom. The normalized spacial score (nSPS) is 12.3. The molecule has 0 aromatic carbocycles. The van der Waals surface area contributed by atoms with Crippen molar-refractivity contribution in [2.24, 2.45) is 5.92 Å². The maximum absolute atomic E-state index is 12.1. The van der Waals surface area contributed by atoms with Crippen LogP contribution < -0.4 is 0 Å². The van der Waals surface area contributed by atoms with Gasteiger partial charge in [0.25, 0.3) is 0 Å². The summed E-state index contributed by atoms with van der Waals surface area (Å²) in [5.41, 5.74) is 0. The predicted molar refractivity (Wildman–Crippen MR) is 72.2 cm³/mol. The van der Waals surface area contributed by atoms with Gasteiger partial charge in [-0.05, 0) is 26.2 Å². The molecule has 0 aromatic heterocycles. The summed E-state index contributed by atoms with van der Waals surface area (Å²) in [6.07, 6.45) is 1.71. The molecule has 0 bridgehead atoms. The lowest BCUT2D eigenvalue weighted by atomic mass is 10.1. The smallest absolute Gasteiger partial charge is 0.307 e. The third-order valence-corrected chi connectivity index (χ3v) is 2.89. The van der Waals surface area contributed by atoms with Gasteiger partial charge >= 0.3 is 5.97 Å². The predicted octanol–water partition coefficient (Wildman–Crippen LogP) is 2.61. The quantitative estimate of drug-likeness (QED) is 0.628. The molecule has 0 aliphatic carbocycles. The van der Waals surface area contributed by atoms with Crippen molar-refractivity contribution in [3.63, 3.8) is 0 Å². The van der Waals surface area contributed by atoms with Crippen molar-refractivity contribution < 1.29 is 14.3 Å². The zero-order valence-electron chi connectivity index (χ0n) is 12.4. The van der Waals surface area contributed by atoms with Gasteiger partial charge in [0.05, 0.1) is 13.0 Å².